The molecule has 2 fully saturated rings. The second-order valence-corrected chi connectivity index (χ2v) is 4.88. The number of aliphatic hydroxyl groups is 1. The summed E-state index contributed by atoms with van der Waals surface area (Å²) in [5.74, 6) is 1.13. The molecule has 1 aliphatic heterocycles. The van der Waals surface area contributed by atoms with Crippen LogP contribution in [-0.2, 0) is 0 Å². The van der Waals surface area contributed by atoms with Crippen molar-refractivity contribution in [3.8, 4) is 0 Å². The fraction of sp³-hybridized carbons (Fsp3) is 1.00. The second-order valence-electron chi connectivity index (χ2n) is 4.88. The van der Waals surface area contributed by atoms with E-state index in [1.165, 1.54) is 19.3 Å². The zero-order chi connectivity index (χ0) is 9.31. The molecule has 0 aromatic heterocycles. The van der Waals surface area contributed by atoms with Gasteiger partial charge < -0.3 is 10.4 Å². The van der Waals surface area contributed by atoms with Gasteiger partial charge in [-0.1, -0.05) is 6.42 Å². The van der Waals surface area contributed by atoms with Crippen molar-refractivity contribution in [2.45, 2.75) is 44.6 Å². The van der Waals surface area contributed by atoms with E-state index in [9.17, 15) is 5.11 Å². The smallest absolute Gasteiger partial charge is 0.0676 e. The highest BCUT2D eigenvalue weighted by Crippen LogP contribution is 2.42. The highest BCUT2D eigenvalue weighted by atomic mass is 16.3. The van der Waals surface area contributed by atoms with E-state index in [0.29, 0.717) is 11.8 Å². The van der Waals surface area contributed by atoms with Gasteiger partial charge in [0.05, 0.1) is 5.60 Å². The fourth-order valence-electron chi connectivity index (χ4n) is 2.73. The summed E-state index contributed by atoms with van der Waals surface area (Å²) in [5, 5.41) is 13.8. The van der Waals surface area contributed by atoms with Crippen molar-refractivity contribution in [2.75, 3.05) is 13.1 Å². The van der Waals surface area contributed by atoms with Crippen molar-refractivity contribution in [3.05, 3.63) is 0 Å². The van der Waals surface area contributed by atoms with Crippen molar-refractivity contribution >= 4 is 0 Å². The minimum atomic E-state index is -0.375. The van der Waals surface area contributed by atoms with E-state index in [4.69, 9.17) is 0 Å². The topological polar surface area (TPSA) is 32.3 Å². The van der Waals surface area contributed by atoms with Crippen LogP contribution in [0.5, 0.6) is 0 Å². The molecule has 1 saturated carbocycles. The van der Waals surface area contributed by atoms with E-state index < -0.39 is 0 Å². The molecule has 1 heterocycles. The first kappa shape index (κ1) is 9.47. The van der Waals surface area contributed by atoms with Gasteiger partial charge in [-0.15, -0.1) is 0 Å². The van der Waals surface area contributed by atoms with E-state index in [1.807, 2.05) is 0 Å². The molecule has 2 heteroatoms. The first-order chi connectivity index (χ1) is 6.21. The molecule has 0 aromatic rings. The second kappa shape index (κ2) is 3.58. The Morgan fingerprint density at radius 3 is 2.08 bits per heavy atom. The predicted octanol–water partition coefficient (Wildman–Crippen LogP) is 1.54. The summed E-state index contributed by atoms with van der Waals surface area (Å²) in [4.78, 5) is 0. The summed E-state index contributed by atoms with van der Waals surface area (Å²) in [6.07, 6.45) is 6.13. The van der Waals surface area contributed by atoms with E-state index in [1.54, 1.807) is 0 Å². The molecule has 1 unspecified atom stereocenters. The summed E-state index contributed by atoms with van der Waals surface area (Å²) < 4.78 is 0. The van der Waals surface area contributed by atoms with Crippen LogP contribution in [0.2, 0.25) is 0 Å². The summed E-state index contributed by atoms with van der Waals surface area (Å²) in [6, 6.07) is 0. The molecule has 2 rings (SSSR count). The van der Waals surface area contributed by atoms with E-state index in [2.05, 4.69) is 12.2 Å². The summed E-state index contributed by atoms with van der Waals surface area (Å²) in [5.41, 5.74) is -0.375. The standard InChI is InChI=1S/C11H21NO/c1-11(13,9-3-2-4-9)10-5-7-12-8-6-10/h9-10,12-13H,2-8H2,1H3. The first-order valence-corrected chi connectivity index (χ1v) is 5.64. The Balaban J connectivity index is 1.94. The van der Waals surface area contributed by atoms with Crippen LogP contribution in [0.3, 0.4) is 0 Å². The molecule has 0 spiro atoms. The molecule has 0 amide bonds. The number of hydrogen-bond donors (Lipinski definition) is 2. The fourth-order valence-corrected chi connectivity index (χ4v) is 2.73. The third-order valence-corrected chi connectivity index (χ3v) is 4.10. The number of rotatable bonds is 2. The lowest BCUT2D eigenvalue weighted by atomic mass is 9.66. The van der Waals surface area contributed by atoms with Gasteiger partial charge in [0.15, 0.2) is 0 Å². The van der Waals surface area contributed by atoms with Crippen molar-refractivity contribution in [2.24, 2.45) is 11.8 Å². The SMILES string of the molecule is CC(O)(C1CCC1)C1CCNCC1. The van der Waals surface area contributed by atoms with Gasteiger partial charge >= 0.3 is 0 Å². The maximum absolute atomic E-state index is 10.4. The summed E-state index contributed by atoms with van der Waals surface area (Å²) in [6.45, 7) is 4.24. The Hall–Kier alpha value is -0.0800. The normalized spacial score (nSPS) is 30.9. The van der Waals surface area contributed by atoms with Crippen LogP contribution in [0, 0.1) is 11.8 Å². The Kier molecular flexibility index (Phi) is 2.61. The summed E-state index contributed by atoms with van der Waals surface area (Å²) >= 11 is 0. The van der Waals surface area contributed by atoms with Crippen LogP contribution in [0.1, 0.15) is 39.0 Å². The zero-order valence-electron chi connectivity index (χ0n) is 8.55. The molecule has 0 aromatic carbocycles. The molecule has 1 saturated heterocycles. The van der Waals surface area contributed by atoms with Gasteiger partial charge in [0.1, 0.15) is 0 Å². The number of piperidine rings is 1. The van der Waals surface area contributed by atoms with Crippen molar-refractivity contribution in [3.63, 3.8) is 0 Å². The van der Waals surface area contributed by atoms with Crippen LogP contribution < -0.4 is 5.32 Å². The molecule has 2 nitrogen and oxygen atoms in total. The Morgan fingerprint density at radius 1 is 1.08 bits per heavy atom. The van der Waals surface area contributed by atoms with Gasteiger partial charge in [-0.25, -0.2) is 0 Å². The van der Waals surface area contributed by atoms with Crippen LogP contribution in [0.4, 0.5) is 0 Å². The zero-order valence-corrected chi connectivity index (χ0v) is 8.55. The van der Waals surface area contributed by atoms with Crippen LogP contribution >= 0.6 is 0 Å². The van der Waals surface area contributed by atoms with Crippen LogP contribution in [-0.4, -0.2) is 23.8 Å². The minimum absolute atomic E-state index is 0.375. The molecule has 2 N–H and O–H groups in total. The molecule has 0 bridgehead atoms. The van der Waals surface area contributed by atoms with Gasteiger partial charge in [0, 0.05) is 0 Å². The highest BCUT2D eigenvalue weighted by molar-refractivity contribution is 4.94. The molecule has 13 heavy (non-hydrogen) atoms. The van der Waals surface area contributed by atoms with Gasteiger partial charge in [-0.05, 0) is 57.5 Å². The average molecular weight is 183 g/mol. The predicted molar refractivity (Wildman–Crippen MR) is 53.6 cm³/mol. The Bertz CT molecular complexity index is 169. The highest BCUT2D eigenvalue weighted by Gasteiger charge is 2.42. The number of hydrogen-bond acceptors (Lipinski definition) is 2. The number of nitrogens with one attached hydrogen (secondary N) is 1. The monoisotopic (exact) mass is 183 g/mol. The van der Waals surface area contributed by atoms with Crippen molar-refractivity contribution < 1.29 is 5.11 Å². The van der Waals surface area contributed by atoms with Gasteiger partial charge in [-0.2, -0.15) is 0 Å². The van der Waals surface area contributed by atoms with E-state index in [-0.39, 0.29) is 5.60 Å². The maximum atomic E-state index is 10.4. The van der Waals surface area contributed by atoms with Gasteiger partial charge in [-0.3, -0.25) is 0 Å². The molecule has 76 valence electrons. The molecular weight excluding hydrogens is 162 g/mol. The van der Waals surface area contributed by atoms with E-state index in [0.717, 1.165) is 25.9 Å². The third-order valence-electron chi connectivity index (χ3n) is 4.10. The summed E-state index contributed by atoms with van der Waals surface area (Å²) in [7, 11) is 0. The maximum Gasteiger partial charge on any atom is 0.0676 e. The van der Waals surface area contributed by atoms with E-state index >= 15 is 0 Å². The van der Waals surface area contributed by atoms with Crippen LogP contribution in [0.25, 0.3) is 0 Å². The third kappa shape index (κ3) is 1.75. The lowest BCUT2D eigenvalue weighted by Crippen LogP contribution is -2.48. The van der Waals surface area contributed by atoms with Crippen molar-refractivity contribution in [1.82, 2.24) is 5.32 Å². The van der Waals surface area contributed by atoms with Crippen molar-refractivity contribution in [1.29, 1.82) is 0 Å². The first-order valence-electron chi connectivity index (χ1n) is 5.64. The molecular formula is C11H21NO. The Morgan fingerprint density at radius 2 is 1.62 bits per heavy atom. The Labute approximate surface area is 80.7 Å². The van der Waals surface area contributed by atoms with Gasteiger partial charge in [0.25, 0.3) is 0 Å². The lowest BCUT2D eigenvalue weighted by Gasteiger charge is -2.45. The lowest BCUT2D eigenvalue weighted by molar-refractivity contribution is -0.0888. The van der Waals surface area contributed by atoms with Crippen LogP contribution in [0.15, 0.2) is 0 Å². The quantitative estimate of drug-likeness (QED) is 0.680. The minimum Gasteiger partial charge on any atom is -0.390 e. The molecule has 2 aliphatic rings. The molecule has 0 radical (unpaired) electrons. The molecule has 1 atom stereocenters. The largest absolute Gasteiger partial charge is 0.390 e. The molecule has 1 aliphatic carbocycles. The van der Waals surface area contributed by atoms with Gasteiger partial charge in [0.2, 0.25) is 0 Å². The average Bonchev–Trinajstić information content (AvgIpc) is 2.02.